The number of carboxylic acids is 1. The van der Waals surface area contributed by atoms with Crippen LogP contribution in [0, 0.1) is 5.41 Å². The molecule has 0 radical (unpaired) electrons. The van der Waals surface area contributed by atoms with Crippen molar-refractivity contribution in [1.82, 2.24) is 10.2 Å². The summed E-state index contributed by atoms with van der Waals surface area (Å²) in [5.74, 6) is -1.12. The third kappa shape index (κ3) is 2.81. The number of aliphatic hydroxyl groups is 1. The molecule has 2 aliphatic rings. The molecule has 20 heavy (non-hydrogen) atoms. The zero-order valence-electron chi connectivity index (χ0n) is 12.0. The van der Waals surface area contributed by atoms with Crippen molar-refractivity contribution in [2.24, 2.45) is 5.41 Å². The normalized spacial score (nSPS) is 34.2. The highest BCUT2D eigenvalue weighted by molar-refractivity contribution is 5.88. The van der Waals surface area contributed by atoms with E-state index in [0.717, 1.165) is 32.2 Å². The molecular weight excluding hydrogens is 260 g/mol. The number of aliphatic carboxylic acids is 1. The first-order valence-corrected chi connectivity index (χ1v) is 7.43. The zero-order chi connectivity index (χ0) is 14.8. The van der Waals surface area contributed by atoms with Crippen LogP contribution in [-0.4, -0.2) is 58.8 Å². The van der Waals surface area contributed by atoms with Crippen molar-refractivity contribution >= 4 is 11.9 Å². The fourth-order valence-electron chi connectivity index (χ4n) is 3.53. The molecule has 0 aromatic rings. The predicted molar refractivity (Wildman–Crippen MR) is 73.2 cm³/mol. The lowest BCUT2D eigenvalue weighted by molar-refractivity contribution is -0.154. The summed E-state index contributed by atoms with van der Waals surface area (Å²) in [4.78, 5) is 25.6. The third-order valence-electron chi connectivity index (χ3n) is 4.48. The van der Waals surface area contributed by atoms with Crippen LogP contribution in [0.25, 0.3) is 0 Å². The number of rotatable bonds is 4. The number of nitrogens with one attached hydrogen (secondary N) is 1. The monoisotopic (exact) mass is 284 g/mol. The molecule has 3 N–H and O–H groups in total. The lowest BCUT2D eigenvalue weighted by Gasteiger charge is -2.40. The summed E-state index contributed by atoms with van der Waals surface area (Å²) in [5.41, 5.74) is -0.495. The van der Waals surface area contributed by atoms with E-state index >= 15 is 0 Å². The van der Waals surface area contributed by atoms with Crippen LogP contribution < -0.4 is 5.32 Å². The Kier molecular flexibility index (Phi) is 4.65. The number of β-amino-alcohol motifs (C(OH)–C–C–N with tert-alkyl or cyclic N) is 1. The quantitative estimate of drug-likeness (QED) is 0.686. The van der Waals surface area contributed by atoms with Crippen molar-refractivity contribution < 1.29 is 19.8 Å². The Labute approximate surface area is 119 Å². The summed E-state index contributed by atoms with van der Waals surface area (Å²) in [5, 5.41) is 22.2. The molecule has 2 rings (SSSR count). The van der Waals surface area contributed by atoms with Gasteiger partial charge in [0.05, 0.1) is 11.5 Å². The lowest BCUT2D eigenvalue weighted by Crippen LogP contribution is -2.54. The van der Waals surface area contributed by atoms with Gasteiger partial charge in [0, 0.05) is 19.5 Å². The standard InChI is InChI=1S/C14H24N2O4/c1-2-4-14(5-3-6-15-9-14)13(20)16-8-10(17)7-11(16)12(18)19/h10-11,15,17H,2-9H2,1H3,(H,18,19)/t10-,11-,14?/m1/s1. The smallest absolute Gasteiger partial charge is 0.326 e. The number of likely N-dealkylation sites (tertiary alicyclic amines) is 1. The number of hydrogen-bond donors (Lipinski definition) is 3. The summed E-state index contributed by atoms with van der Waals surface area (Å²) in [7, 11) is 0. The Bertz CT molecular complexity index is 374. The molecule has 0 aromatic carbocycles. The molecule has 0 spiro atoms. The second kappa shape index (κ2) is 6.10. The number of nitrogens with zero attached hydrogens (tertiary/aromatic N) is 1. The largest absolute Gasteiger partial charge is 0.480 e. The lowest BCUT2D eigenvalue weighted by atomic mass is 9.75. The Hall–Kier alpha value is -1.14. The van der Waals surface area contributed by atoms with Gasteiger partial charge in [-0.05, 0) is 25.8 Å². The summed E-state index contributed by atoms with van der Waals surface area (Å²) in [6.45, 7) is 3.70. The molecule has 0 aromatic heterocycles. The molecule has 2 aliphatic heterocycles. The van der Waals surface area contributed by atoms with E-state index < -0.39 is 23.5 Å². The van der Waals surface area contributed by atoms with E-state index in [1.807, 2.05) is 6.92 Å². The summed E-state index contributed by atoms with van der Waals surface area (Å²) >= 11 is 0. The molecule has 1 unspecified atom stereocenters. The summed E-state index contributed by atoms with van der Waals surface area (Å²) in [6.07, 6.45) is 2.79. The molecule has 114 valence electrons. The first kappa shape index (κ1) is 15.3. The molecule has 0 aliphatic carbocycles. The Morgan fingerprint density at radius 2 is 2.20 bits per heavy atom. The number of amides is 1. The number of carbonyl (C=O) groups is 2. The van der Waals surface area contributed by atoms with Crippen LogP contribution in [0.15, 0.2) is 0 Å². The number of carbonyl (C=O) groups excluding carboxylic acids is 1. The van der Waals surface area contributed by atoms with Gasteiger partial charge in [-0.2, -0.15) is 0 Å². The fraction of sp³-hybridized carbons (Fsp3) is 0.857. The molecule has 0 saturated carbocycles. The first-order chi connectivity index (χ1) is 9.50. The maximum absolute atomic E-state index is 12.9. The summed E-state index contributed by atoms with van der Waals surface area (Å²) in [6, 6.07) is -0.881. The van der Waals surface area contributed by atoms with Crippen LogP contribution in [0.5, 0.6) is 0 Å². The predicted octanol–water partition coefficient (Wildman–Crippen LogP) is 0.203. The van der Waals surface area contributed by atoms with Crippen LogP contribution in [-0.2, 0) is 9.59 Å². The highest BCUT2D eigenvalue weighted by atomic mass is 16.4. The van der Waals surface area contributed by atoms with Gasteiger partial charge in [-0.3, -0.25) is 4.79 Å². The zero-order valence-corrected chi connectivity index (χ0v) is 12.0. The minimum Gasteiger partial charge on any atom is -0.480 e. The van der Waals surface area contributed by atoms with Gasteiger partial charge in [-0.1, -0.05) is 13.3 Å². The first-order valence-electron chi connectivity index (χ1n) is 7.43. The number of carboxylic acid groups (broad SMARTS) is 1. The molecule has 2 heterocycles. The second-order valence-corrected chi connectivity index (χ2v) is 6.01. The van der Waals surface area contributed by atoms with Crippen LogP contribution in [0.2, 0.25) is 0 Å². The molecule has 6 nitrogen and oxygen atoms in total. The third-order valence-corrected chi connectivity index (χ3v) is 4.48. The van der Waals surface area contributed by atoms with Gasteiger partial charge in [-0.15, -0.1) is 0 Å². The van der Waals surface area contributed by atoms with Gasteiger partial charge in [-0.25, -0.2) is 4.79 Å². The maximum atomic E-state index is 12.9. The van der Waals surface area contributed by atoms with E-state index in [0.29, 0.717) is 6.54 Å². The van der Waals surface area contributed by atoms with Gasteiger partial charge in [0.15, 0.2) is 0 Å². The van der Waals surface area contributed by atoms with Crippen molar-refractivity contribution in [3.8, 4) is 0 Å². The van der Waals surface area contributed by atoms with Crippen molar-refractivity contribution in [3.63, 3.8) is 0 Å². The number of aliphatic hydroxyl groups excluding tert-OH is 1. The average Bonchev–Trinajstić information content (AvgIpc) is 2.81. The Morgan fingerprint density at radius 3 is 2.75 bits per heavy atom. The van der Waals surface area contributed by atoms with Crippen LogP contribution in [0.1, 0.15) is 39.0 Å². The fourth-order valence-corrected chi connectivity index (χ4v) is 3.53. The summed E-state index contributed by atoms with van der Waals surface area (Å²) < 4.78 is 0. The highest BCUT2D eigenvalue weighted by Crippen LogP contribution is 2.36. The van der Waals surface area contributed by atoms with Gasteiger partial charge < -0.3 is 20.4 Å². The van der Waals surface area contributed by atoms with Crippen LogP contribution in [0.4, 0.5) is 0 Å². The van der Waals surface area contributed by atoms with E-state index in [-0.39, 0.29) is 18.9 Å². The van der Waals surface area contributed by atoms with Crippen LogP contribution >= 0.6 is 0 Å². The Balaban J connectivity index is 2.20. The Morgan fingerprint density at radius 1 is 1.45 bits per heavy atom. The van der Waals surface area contributed by atoms with Crippen molar-refractivity contribution in [1.29, 1.82) is 0 Å². The van der Waals surface area contributed by atoms with Crippen molar-refractivity contribution in [2.75, 3.05) is 19.6 Å². The molecule has 0 bridgehead atoms. The maximum Gasteiger partial charge on any atom is 0.326 e. The van der Waals surface area contributed by atoms with Gasteiger partial charge in [0.2, 0.25) is 5.91 Å². The van der Waals surface area contributed by atoms with E-state index in [1.54, 1.807) is 0 Å². The van der Waals surface area contributed by atoms with E-state index in [2.05, 4.69) is 5.32 Å². The molecule has 6 heteroatoms. The molecule has 2 fully saturated rings. The molecular formula is C14H24N2O4. The van der Waals surface area contributed by atoms with E-state index in [4.69, 9.17) is 0 Å². The SMILES string of the molecule is CCCC1(C(=O)N2C[C@H](O)C[C@@H]2C(=O)O)CCCNC1. The minimum absolute atomic E-state index is 0.101. The van der Waals surface area contributed by atoms with E-state index in [1.165, 1.54) is 4.90 Å². The second-order valence-electron chi connectivity index (χ2n) is 6.01. The van der Waals surface area contributed by atoms with Gasteiger partial charge in [0.1, 0.15) is 6.04 Å². The van der Waals surface area contributed by atoms with Gasteiger partial charge >= 0.3 is 5.97 Å². The number of hydrogen-bond acceptors (Lipinski definition) is 4. The van der Waals surface area contributed by atoms with Crippen LogP contribution in [0.3, 0.4) is 0 Å². The van der Waals surface area contributed by atoms with Crippen molar-refractivity contribution in [3.05, 3.63) is 0 Å². The van der Waals surface area contributed by atoms with E-state index in [9.17, 15) is 19.8 Å². The topological polar surface area (TPSA) is 89.9 Å². The van der Waals surface area contributed by atoms with Crippen molar-refractivity contribution in [2.45, 2.75) is 51.2 Å². The molecule has 1 amide bonds. The molecule has 2 saturated heterocycles. The minimum atomic E-state index is -1.02. The highest BCUT2D eigenvalue weighted by Gasteiger charge is 2.47. The van der Waals surface area contributed by atoms with Gasteiger partial charge in [0.25, 0.3) is 0 Å². The molecule has 3 atom stereocenters. The average molecular weight is 284 g/mol. The number of piperidine rings is 1.